The second-order valence-corrected chi connectivity index (χ2v) is 9.72. The average molecular weight is 539 g/mol. The highest BCUT2D eigenvalue weighted by molar-refractivity contribution is 6.42. The minimum atomic E-state index is -0.345. The Morgan fingerprint density at radius 1 is 1.14 bits per heavy atom. The van der Waals surface area contributed by atoms with Crippen LogP contribution in [0.2, 0.25) is 10.0 Å². The first-order chi connectivity index (χ1) is 17.9. The van der Waals surface area contributed by atoms with Crippen LogP contribution in [-0.4, -0.2) is 37.0 Å². The normalized spacial score (nSPS) is 17.0. The second-order valence-electron chi connectivity index (χ2n) is 8.90. The van der Waals surface area contributed by atoms with Crippen LogP contribution in [0.4, 0.5) is 4.39 Å². The van der Waals surface area contributed by atoms with E-state index in [0.717, 1.165) is 28.1 Å². The van der Waals surface area contributed by atoms with Crippen molar-refractivity contribution in [3.63, 3.8) is 0 Å². The van der Waals surface area contributed by atoms with Crippen LogP contribution in [0.15, 0.2) is 83.0 Å². The number of guanidine groups is 1. The molecule has 0 spiro atoms. The first kappa shape index (κ1) is 25.1. The Balaban J connectivity index is 1.41. The summed E-state index contributed by atoms with van der Waals surface area (Å²) < 4.78 is 19.3. The van der Waals surface area contributed by atoms with Gasteiger partial charge in [-0.15, -0.1) is 0 Å². The smallest absolute Gasteiger partial charge is 0.254 e. The quantitative estimate of drug-likeness (QED) is 0.435. The molecule has 1 atom stereocenters. The van der Waals surface area contributed by atoms with Gasteiger partial charge in [0.2, 0.25) is 0 Å². The minimum absolute atomic E-state index is 0.221. The molecule has 6 nitrogen and oxygen atoms in total. The molecule has 2 aliphatic heterocycles. The number of rotatable bonds is 5. The van der Waals surface area contributed by atoms with E-state index >= 15 is 0 Å². The van der Waals surface area contributed by atoms with Crippen LogP contribution in [0.25, 0.3) is 0 Å². The zero-order valence-corrected chi connectivity index (χ0v) is 21.6. The second kappa shape index (κ2) is 10.8. The first-order valence-corrected chi connectivity index (χ1v) is 12.6. The van der Waals surface area contributed by atoms with Gasteiger partial charge in [-0.2, -0.15) is 0 Å². The number of benzene rings is 3. The Bertz CT molecular complexity index is 1390. The van der Waals surface area contributed by atoms with Crippen LogP contribution in [0, 0.1) is 5.82 Å². The number of hydrogen-bond donors (Lipinski definition) is 2. The van der Waals surface area contributed by atoms with E-state index in [9.17, 15) is 9.18 Å². The van der Waals surface area contributed by atoms with Gasteiger partial charge < -0.3 is 20.3 Å². The fourth-order valence-corrected chi connectivity index (χ4v) is 4.85. The van der Waals surface area contributed by atoms with Crippen molar-refractivity contribution in [1.29, 1.82) is 0 Å². The van der Waals surface area contributed by atoms with Crippen molar-refractivity contribution in [3.05, 3.63) is 111 Å². The molecule has 9 heteroatoms. The van der Waals surface area contributed by atoms with Crippen molar-refractivity contribution >= 4 is 35.1 Å². The molecular weight excluding hydrogens is 514 g/mol. The minimum Gasteiger partial charge on any atom is -0.497 e. The summed E-state index contributed by atoms with van der Waals surface area (Å²) >= 11 is 12.3. The lowest BCUT2D eigenvalue weighted by Gasteiger charge is -2.39. The maximum absolute atomic E-state index is 14.1. The van der Waals surface area contributed by atoms with Crippen LogP contribution < -0.4 is 15.4 Å². The van der Waals surface area contributed by atoms with Crippen molar-refractivity contribution in [3.8, 4) is 5.75 Å². The van der Waals surface area contributed by atoms with Crippen molar-refractivity contribution in [2.24, 2.45) is 4.99 Å². The van der Waals surface area contributed by atoms with Gasteiger partial charge in [0, 0.05) is 18.7 Å². The molecule has 0 saturated carbocycles. The van der Waals surface area contributed by atoms with Crippen LogP contribution in [0.3, 0.4) is 0 Å². The fraction of sp³-hybridized carbons (Fsp3) is 0.214. The van der Waals surface area contributed by atoms with E-state index in [1.807, 2.05) is 30.3 Å². The summed E-state index contributed by atoms with van der Waals surface area (Å²) in [6, 6.07) is 18.6. The summed E-state index contributed by atoms with van der Waals surface area (Å²) in [6.07, 6.45) is 0.536. The molecule has 2 N–H and O–H groups in total. The van der Waals surface area contributed by atoms with E-state index in [2.05, 4.69) is 10.6 Å². The average Bonchev–Trinajstić information content (AvgIpc) is 2.92. The number of amides is 1. The van der Waals surface area contributed by atoms with Gasteiger partial charge in [0.05, 0.1) is 35.4 Å². The van der Waals surface area contributed by atoms with Crippen molar-refractivity contribution in [2.75, 3.05) is 20.2 Å². The number of carbonyl (C=O) groups excluding carboxylic acids is 1. The maximum atomic E-state index is 14.1. The highest BCUT2D eigenvalue weighted by Crippen LogP contribution is 2.37. The molecule has 5 rings (SSSR count). The van der Waals surface area contributed by atoms with E-state index in [1.54, 1.807) is 36.3 Å². The maximum Gasteiger partial charge on any atom is 0.254 e. The van der Waals surface area contributed by atoms with Crippen LogP contribution in [0.5, 0.6) is 5.75 Å². The Kier molecular flexibility index (Phi) is 7.35. The topological polar surface area (TPSA) is 66.0 Å². The molecular formula is C28H25Cl2FN4O2. The van der Waals surface area contributed by atoms with Gasteiger partial charge in [0.25, 0.3) is 5.91 Å². The van der Waals surface area contributed by atoms with Gasteiger partial charge >= 0.3 is 0 Å². The predicted molar refractivity (Wildman–Crippen MR) is 144 cm³/mol. The molecule has 1 unspecified atom stereocenters. The zero-order valence-electron chi connectivity index (χ0n) is 20.1. The van der Waals surface area contributed by atoms with E-state index in [0.29, 0.717) is 41.1 Å². The number of carbonyl (C=O) groups is 1. The largest absolute Gasteiger partial charge is 0.497 e. The number of aliphatic imine (C=N–C) groups is 1. The molecule has 0 radical (unpaired) electrons. The lowest BCUT2D eigenvalue weighted by Crippen LogP contribution is -2.46. The number of nitrogens with zero attached hydrogens (tertiary/aromatic N) is 2. The van der Waals surface area contributed by atoms with Gasteiger partial charge in [-0.3, -0.25) is 4.79 Å². The van der Waals surface area contributed by atoms with Crippen molar-refractivity contribution in [2.45, 2.75) is 19.0 Å². The van der Waals surface area contributed by atoms with Crippen LogP contribution >= 0.6 is 23.2 Å². The molecule has 0 aliphatic carbocycles. The van der Waals surface area contributed by atoms with E-state index in [-0.39, 0.29) is 24.3 Å². The predicted octanol–water partition coefficient (Wildman–Crippen LogP) is 5.73. The molecule has 0 bridgehead atoms. The Morgan fingerprint density at radius 2 is 1.95 bits per heavy atom. The first-order valence-electron chi connectivity index (χ1n) is 11.8. The lowest BCUT2D eigenvalue weighted by molar-refractivity contribution is 0.0677. The van der Waals surface area contributed by atoms with Crippen LogP contribution in [-0.2, 0) is 6.54 Å². The highest BCUT2D eigenvalue weighted by atomic mass is 35.5. The van der Waals surface area contributed by atoms with Crippen molar-refractivity contribution in [1.82, 2.24) is 15.5 Å². The number of methoxy groups -OCH3 is 1. The molecule has 3 aromatic carbocycles. The third kappa shape index (κ3) is 5.58. The number of hydrogen-bond acceptors (Lipinski definition) is 5. The van der Waals surface area contributed by atoms with Crippen LogP contribution in [0.1, 0.15) is 33.9 Å². The molecule has 37 heavy (non-hydrogen) atoms. The number of ether oxygens (including phenoxy) is 1. The molecule has 3 aromatic rings. The summed E-state index contributed by atoms with van der Waals surface area (Å²) in [7, 11) is 1.64. The molecule has 2 heterocycles. The standard InChI is InChI=1S/C28H25Cl2FN4O2/c1-37-22-8-5-17(6-9-22)14-32-28-33-15-20-13-26(18-3-2-4-21(31)11-18)35(16-25(20)34-28)27(36)19-7-10-23(29)24(30)12-19/h2-12,26H,13-16H2,1H3,(H2,32,33,34). The third-order valence-electron chi connectivity index (χ3n) is 6.54. The Hall–Kier alpha value is -3.55. The molecule has 0 saturated heterocycles. The van der Waals surface area contributed by atoms with Gasteiger partial charge in [0.15, 0.2) is 5.96 Å². The molecule has 1 amide bonds. The number of halogens is 3. The summed E-state index contributed by atoms with van der Waals surface area (Å²) in [4.78, 5) is 20.2. The van der Waals surface area contributed by atoms with Gasteiger partial charge in [-0.1, -0.05) is 47.5 Å². The number of nitrogens with one attached hydrogen (secondary N) is 2. The highest BCUT2D eigenvalue weighted by Gasteiger charge is 2.34. The van der Waals surface area contributed by atoms with Gasteiger partial charge in [-0.05, 0) is 65.6 Å². The fourth-order valence-electron chi connectivity index (χ4n) is 4.55. The zero-order chi connectivity index (χ0) is 25.9. The summed E-state index contributed by atoms with van der Waals surface area (Å²) in [5, 5.41) is 7.33. The van der Waals surface area contributed by atoms with E-state index in [4.69, 9.17) is 32.9 Å². The third-order valence-corrected chi connectivity index (χ3v) is 7.28. The van der Waals surface area contributed by atoms with Gasteiger partial charge in [0.1, 0.15) is 11.6 Å². The summed E-state index contributed by atoms with van der Waals surface area (Å²) in [6.45, 7) is 1.45. The Morgan fingerprint density at radius 3 is 2.68 bits per heavy atom. The monoisotopic (exact) mass is 538 g/mol. The SMILES string of the molecule is COc1ccc(CNC2=NC3=C(CN2)CC(c2cccc(F)c2)N(C(=O)c2ccc(Cl)c(Cl)c2)C3)cc1. The van der Waals surface area contributed by atoms with Crippen molar-refractivity contribution < 1.29 is 13.9 Å². The summed E-state index contributed by atoms with van der Waals surface area (Å²) in [5.41, 5.74) is 4.12. The summed E-state index contributed by atoms with van der Waals surface area (Å²) in [5.74, 6) is 0.874. The molecule has 0 aromatic heterocycles. The van der Waals surface area contributed by atoms with Gasteiger partial charge in [-0.25, -0.2) is 9.38 Å². The van der Waals surface area contributed by atoms with E-state index in [1.165, 1.54) is 12.1 Å². The lowest BCUT2D eigenvalue weighted by atomic mass is 9.91. The Labute approximate surface area is 224 Å². The molecule has 0 fully saturated rings. The molecule has 190 valence electrons. The van der Waals surface area contributed by atoms with E-state index < -0.39 is 0 Å². The molecule has 2 aliphatic rings.